The Morgan fingerprint density at radius 1 is 1.32 bits per heavy atom. The molecule has 1 amide bonds. The van der Waals surface area contributed by atoms with Crippen molar-refractivity contribution in [1.82, 2.24) is 4.90 Å². The third-order valence-corrected chi connectivity index (χ3v) is 3.52. The average Bonchev–Trinajstić information content (AvgIpc) is 2.41. The van der Waals surface area contributed by atoms with Crippen molar-refractivity contribution in [2.24, 2.45) is 0 Å². The molecule has 0 saturated carbocycles. The summed E-state index contributed by atoms with van der Waals surface area (Å²) >= 11 is 0. The van der Waals surface area contributed by atoms with Crippen LogP contribution in [0.4, 0.5) is 0 Å². The summed E-state index contributed by atoms with van der Waals surface area (Å²) in [7, 11) is 0. The van der Waals surface area contributed by atoms with E-state index in [0.717, 1.165) is 12.8 Å². The second-order valence-electron chi connectivity index (χ2n) is 4.64. The van der Waals surface area contributed by atoms with E-state index in [4.69, 9.17) is 5.11 Å². The highest BCUT2D eigenvalue weighted by molar-refractivity contribution is 5.96. The maximum Gasteiger partial charge on any atom is 0.254 e. The Bertz CT molecular complexity index is 427. The molecule has 0 radical (unpaired) electrons. The lowest BCUT2D eigenvalue weighted by Crippen LogP contribution is -2.41. The van der Waals surface area contributed by atoms with Gasteiger partial charge in [-0.2, -0.15) is 0 Å². The topological polar surface area (TPSA) is 60.8 Å². The van der Waals surface area contributed by atoms with Crippen LogP contribution in [0.2, 0.25) is 0 Å². The zero-order valence-corrected chi connectivity index (χ0v) is 11.9. The molecule has 0 spiro atoms. The number of aromatic hydroxyl groups is 1. The van der Waals surface area contributed by atoms with E-state index in [-0.39, 0.29) is 24.3 Å². The van der Waals surface area contributed by atoms with E-state index in [1.807, 2.05) is 13.8 Å². The molecule has 0 fully saturated rings. The molecule has 4 nitrogen and oxygen atoms in total. The molecule has 19 heavy (non-hydrogen) atoms. The van der Waals surface area contributed by atoms with Crippen molar-refractivity contribution >= 4 is 5.91 Å². The van der Waals surface area contributed by atoms with E-state index >= 15 is 0 Å². The van der Waals surface area contributed by atoms with Gasteiger partial charge in [-0.15, -0.1) is 0 Å². The zero-order chi connectivity index (χ0) is 14.4. The highest BCUT2D eigenvalue weighted by Crippen LogP contribution is 2.22. The van der Waals surface area contributed by atoms with E-state index in [1.165, 1.54) is 0 Å². The average molecular weight is 265 g/mol. The molecule has 0 unspecified atom stereocenters. The van der Waals surface area contributed by atoms with Gasteiger partial charge < -0.3 is 15.1 Å². The van der Waals surface area contributed by atoms with Crippen LogP contribution in [-0.4, -0.2) is 40.2 Å². The summed E-state index contributed by atoms with van der Waals surface area (Å²) in [5.74, 6) is -0.00417. The van der Waals surface area contributed by atoms with E-state index in [1.54, 1.807) is 30.0 Å². The molecule has 1 aromatic rings. The van der Waals surface area contributed by atoms with E-state index in [0.29, 0.717) is 17.7 Å². The third kappa shape index (κ3) is 3.47. The first-order valence-electron chi connectivity index (χ1n) is 6.77. The molecule has 106 valence electrons. The minimum atomic E-state index is -0.129. The van der Waals surface area contributed by atoms with Gasteiger partial charge in [0.25, 0.3) is 5.91 Å². The molecule has 1 aromatic carbocycles. The molecule has 1 rings (SSSR count). The number of benzene rings is 1. The zero-order valence-electron chi connectivity index (χ0n) is 11.9. The van der Waals surface area contributed by atoms with Gasteiger partial charge in [-0.1, -0.05) is 19.9 Å². The number of phenolic OH excluding ortho intramolecular Hbond substituents is 1. The predicted molar refractivity (Wildman–Crippen MR) is 75.3 cm³/mol. The first kappa shape index (κ1) is 15.5. The van der Waals surface area contributed by atoms with Crippen molar-refractivity contribution in [1.29, 1.82) is 0 Å². The number of rotatable bonds is 6. The number of hydrogen-bond donors (Lipinski definition) is 2. The number of aliphatic hydroxyl groups is 1. The summed E-state index contributed by atoms with van der Waals surface area (Å²) in [5.41, 5.74) is 1.08. The Morgan fingerprint density at radius 3 is 2.47 bits per heavy atom. The lowest BCUT2D eigenvalue weighted by atomic mass is 10.0. The molecule has 0 aliphatic rings. The number of carbonyl (C=O) groups excluding carboxylic acids is 1. The molecular weight excluding hydrogens is 242 g/mol. The van der Waals surface area contributed by atoms with Crippen LogP contribution in [0.3, 0.4) is 0 Å². The van der Waals surface area contributed by atoms with Gasteiger partial charge in [-0.25, -0.2) is 0 Å². The Labute approximate surface area is 114 Å². The molecule has 4 heteroatoms. The summed E-state index contributed by atoms with van der Waals surface area (Å²) in [6, 6.07) is 5.06. The fourth-order valence-electron chi connectivity index (χ4n) is 2.30. The lowest BCUT2D eigenvalue weighted by Gasteiger charge is -2.30. The number of amides is 1. The van der Waals surface area contributed by atoms with Crippen LogP contribution in [0.15, 0.2) is 18.2 Å². The lowest BCUT2D eigenvalue weighted by molar-refractivity contribution is 0.0621. The molecule has 0 aromatic heterocycles. The van der Waals surface area contributed by atoms with Crippen molar-refractivity contribution in [3.05, 3.63) is 29.3 Å². The Kier molecular flexibility index (Phi) is 5.83. The fraction of sp³-hybridized carbons (Fsp3) is 0.533. The molecule has 0 aliphatic heterocycles. The SMILES string of the molecule is CCC(CC)N(CCO)C(=O)c1cccc(O)c1C. The Hall–Kier alpha value is -1.55. The Balaban J connectivity index is 3.08. The standard InChI is InChI=1S/C15H23NO3/c1-4-12(5-2)16(9-10-17)15(19)13-7-6-8-14(18)11(13)3/h6-8,12,17-18H,4-5,9-10H2,1-3H3. The predicted octanol–water partition coefficient (Wildman–Crippen LogP) is 2.32. The molecule has 0 saturated heterocycles. The fourth-order valence-corrected chi connectivity index (χ4v) is 2.30. The molecule has 0 aliphatic carbocycles. The van der Waals surface area contributed by atoms with Crippen LogP contribution in [0.5, 0.6) is 5.75 Å². The summed E-state index contributed by atoms with van der Waals surface area (Å²) in [5, 5.41) is 18.8. The van der Waals surface area contributed by atoms with Gasteiger partial charge in [0, 0.05) is 23.7 Å². The highest BCUT2D eigenvalue weighted by Gasteiger charge is 2.23. The molecule has 0 atom stereocenters. The number of hydrogen-bond acceptors (Lipinski definition) is 3. The van der Waals surface area contributed by atoms with Gasteiger partial charge in [-0.05, 0) is 31.9 Å². The summed E-state index contributed by atoms with van der Waals surface area (Å²) in [6.45, 7) is 6.05. The van der Waals surface area contributed by atoms with Gasteiger partial charge in [0.15, 0.2) is 0 Å². The van der Waals surface area contributed by atoms with Crippen LogP contribution in [0.1, 0.15) is 42.6 Å². The first-order chi connectivity index (χ1) is 9.06. The van der Waals surface area contributed by atoms with Gasteiger partial charge >= 0.3 is 0 Å². The largest absolute Gasteiger partial charge is 0.508 e. The maximum absolute atomic E-state index is 12.6. The van der Waals surface area contributed by atoms with E-state index < -0.39 is 0 Å². The summed E-state index contributed by atoms with van der Waals surface area (Å²) in [6.07, 6.45) is 1.69. The molecular formula is C15H23NO3. The van der Waals surface area contributed by atoms with Crippen molar-refractivity contribution in [3.8, 4) is 5.75 Å². The number of carbonyl (C=O) groups is 1. The van der Waals surface area contributed by atoms with Crippen LogP contribution in [-0.2, 0) is 0 Å². The number of phenols is 1. The van der Waals surface area contributed by atoms with Gasteiger partial charge in [0.1, 0.15) is 5.75 Å². The smallest absolute Gasteiger partial charge is 0.254 e. The minimum Gasteiger partial charge on any atom is -0.508 e. The molecule has 0 heterocycles. The van der Waals surface area contributed by atoms with E-state index in [2.05, 4.69) is 0 Å². The summed E-state index contributed by atoms with van der Waals surface area (Å²) < 4.78 is 0. The highest BCUT2D eigenvalue weighted by atomic mass is 16.3. The van der Waals surface area contributed by atoms with Gasteiger partial charge in [-0.3, -0.25) is 4.79 Å². The number of aliphatic hydroxyl groups excluding tert-OH is 1. The monoisotopic (exact) mass is 265 g/mol. The third-order valence-electron chi connectivity index (χ3n) is 3.52. The van der Waals surface area contributed by atoms with Crippen molar-refractivity contribution < 1.29 is 15.0 Å². The van der Waals surface area contributed by atoms with Gasteiger partial charge in [0.05, 0.1) is 6.61 Å². The maximum atomic E-state index is 12.6. The first-order valence-corrected chi connectivity index (χ1v) is 6.77. The summed E-state index contributed by atoms with van der Waals surface area (Å²) in [4.78, 5) is 14.3. The van der Waals surface area contributed by atoms with Gasteiger partial charge in [0.2, 0.25) is 0 Å². The van der Waals surface area contributed by atoms with Crippen LogP contribution >= 0.6 is 0 Å². The second kappa shape index (κ2) is 7.14. The molecule has 2 N–H and O–H groups in total. The number of nitrogens with zero attached hydrogens (tertiary/aromatic N) is 1. The van der Waals surface area contributed by atoms with Crippen LogP contribution in [0, 0.1) is 6.92 Å². The van der Waals surface area contributed by atoms with Crippen molar-refractivity contribution in [3.63, 3.8) is 0 Å². The molecule has 0 bridgehead atoms. The van der Waals surface area contributed by atoms with E-state index in [9.17, 15) is 9.90 Å². The second-order valence-corrected chi connectivity index (χ2v) is 4.64. The van der Waals surface area contributed by atoms with Crippen molar-refractivity contribution in [2.75, 3.05) is 13.2 Å². The van der Waals surface area contributed by atoms with Crippen molar-refractivity contribution in [2.45, 2.75) is 39.7 Å². The minimum absolute atomic E-state index is 0.0555. The van der Waals surface area contributed by atoms with Crippen LogP contribution in [0.25, 0.3) is 0 Å². The van der Waals surface area contributed by atoms with Crippen LogP contribution < -0.4 is 0 Å². The Morgan fingerprint density at radius 2 is 1.95 bits per heavy atom. The normalized spacial score (nSPS) is 10.8. The quantitative estimate of drug-likeness (QED) is 0.830.